The van der Waals surface area contributed by atoms with E-state index in [0.717, 1.165) is 0 Å². The number of thiol groups is 1. The number of hydrogen-bond acceptors (Lipinski definition) is 4. The van der Waals surface area contributed by atoms with Crippen LogP contribution in [0.15, 0.2) is 0 Å². The van der Waals surface area contributed by atoms with E-state index in [9.17, 15) is 4.79 Å². The molecule has 1 heterocycles. The summed E-state index contributed by atoms with van der Waals surface area (Å²) >= 11 is 4.83. The molecule has 5 heteroatoms. The van der Waals surface area contributed by atoms with Gasteiger partial charge in [-0.05, 0) is 0 Å². The van der Waals surface area contributed by atoms with Crippen molar-refractivity contribution < 1.29 is 14.3 Å². The van der Waals surface area contributed by atoms with E-state index < -0.39 is 6.46 Å². The molecule has 0 aromatic rings. The first kappa shape index (κ1) is 17.4. The number of carbonyl (C=O) groups is 1. The van der Waals surface area contributed by atoms with Gasteiger partial charge >= 0.3 is 0 Å². The van der Waals surface area contributed by atoms with Crippen molar-refractivity contribution >= 4 is 24.2 Å². The molecule has 1 aliphatic rings. The van der Waals surface area contributed by atoms with Crippen LogP contribution in [0, 0.1) is 17.8 Å². The third-order valence-electron chi connectivity index (χ3n) is 3.51. The first-order chi connectivity index (χ1) is 8.62. The minimum absolute atomic E-state index is 0.109. The Hall–Kier alpha value is 0.370. The molecule has 1 rings (SSSR count). The average Bonchev–Trinajstić information content (AvgIpc) is 2.27. The Morgan fingerprint density at radius 3 is 1.53 bits per heavy atom. The Morgan fingerprint density at radius 2 is 1.32 bits per heavy atom. The van der Waals surface area contributed by atoms with E-state index >= 15 is 0 Å². The molecule has 0 amide bonds. The van der Waals surface area contributed by atoms with Gasteiger partial charge in [0.25, 0.3) is 5.52 Å². The van der Waals surface area contributed by atoms with Crippen molar-refractivity contribution in [3.8, 4) is 0 Å². The van der Waals surface area contributed by atoms with E-state index in [1.165, 1.54) is 0 Å². The van der Waals surface area contributed by atoms with Crippen molar-refractivity contribution in [3.63, 3.8) is 0 Å². The van der Waals surface area contributed by atoms with Gasteiger partial charge in [-0.1, -0.05) is 41.5 Å². The lowest BCUT2D eigenvalue weighted by molar-refractivity contribution is -0.212. The summed E-state index contributed by atoms with van der Waals surface area (Å²) in [4.78, 5) is 12.2. The molecular weight excluding hydrogens is 279 g/mol. The first-order valence-electron chi connectivity index (χ1n) is 7.05. The highest BCUT2D eigenvalue weighted by molar-refractivity contribution is 8.59. The molecule has 0 aromatic heterocycles. The van der Waals surface area contributed by atoms with Crippen molar-refractivity contribution in [1.82, 2.24) is 0 Å². The van der Waals surface area contributed by atoms with Gasteiger partial charge in [-0.2, -0.15) is 0 Å². The lowest BCUT2D eigenvalue weighted by Crippen LogP contribution is -2.46. The minimum Gasteiger partial charge on any atom is -0.313 e. The van der Waals surface area contributed by atoms with Crippen LogP contribution in [0.3, 0.4) is 0 Å². The van der Waals surface area contributed by atoms with Gasteiger partial charge in [0.2, 0.25) is 0 Å². The van der Waals surface area contributed by atoms with Gasteiger partial charge in [0, 0.05) is 36.9 Å². The molecule has 0 N–H and O–H groups in total. The van der Waals surface area contributed by atoms with E-state index in [1.54, 1.807) is 6.92 Å². The Balaban J connectivity index is 3.19. The summed E-state index contributed by atoms with van der Waals surface area (Å²) in [7, 11) is 0. The standard InChI is InChI=1S/C14H28O3PS/c1-8(2)12-16-13(9(3)4)18(19,11(7)15)14(17-12)10(5)6/h8-10,12-14,19H,1-7H3/q+1. The van der Waals surface area contributed by atoms with Crippen LogP contribution in [0.2, 0.25) is 0 Å². The van der Waals surface area contributed by atoms with Crippen LogP contribution in [0.4, 0.5) is 0 Å². The highest BCUT2D eigenvalue weighted by Crippen LogP contribution is 2.76. The van der Waals surface area contributed by atoms with Crippen molar-refractivity contribution in [1.29, 1.82) is 0 Å². The maximum absolute atomic E-state index is 12.2. The number of carbonyl (C=O) groups excluding carboxylic acids is 1. The fourth-order valence-corrected chi connectivity index (χ4v) is 7.90. The number of ether oxygens (including phenoxy) is 2. The maximum Gasteiger partial charge on any atom is 0.281 e. The van der Waals surface area contributed by atoms with Crippen LogP contribution in [0.25, 0.3) is 0 Å². The van der Waals surface area contributed by atoms with E-state index in [1.807, 2.05) is 0 Å². The molecule has 19 heavy (non-hydrogen) atoms. The summed E-state index contributed by atoms with van der Waals surface area (Å²) in [5.74, 6) is 0.586. The topological polar surface area (TPSA) is 35.5 Å². The Labute approximate surface area is 123 Å². The summed E-state index contributed by atoms with van der Waals surface area (Å²) in [6, 6.07) is 0. The third-order valence-corrected chi connectivity index (χ3v) is 9.72. The molecule has 0 aliphatic carbocycles. The summed E-state index contributed by atoms with van der Waals surface area (Å²) in [5, 5.41) is 0. The van der Waals surface area contributed by atoms with Crippen molar-refractivity contribution in [3.05, 3.63) is 0 Å². The number of hydrogen-bond donors (Lipinski definition) is 1. The second-order valence-electron chi connectivity index (χ2n) is 6.41. The smallest absolute Gasteiger partial charge is 0.281 e. The number of rotatable bonds is 4. The van der Waals surface area contributed by atoms with E-state index in [2.05, 4.69) is 41.5 Å². The van der Waals surface area contributed by atoms with Gasteiger partial charge in [0.1, 0.15) is 0 Å². The van der Waals surface area contributed by atoms with Crippen LogP contribution in [-0.2, 0) is 14.3 Å². The summed E-state index contributed by atoms with van der Waals surface area (Å²) in [6.45, 7) is 11.9. The lowest BCUT2D eigenvalue weighted by atomic mass is 10.2. The predicted molar refractivity (Wildman–Crippen MR) is 84.6 cm³/mol. The monoisotopic (exact) mass is 307 g/mol. The molecule has 0 bridgehead atoms. The SMILES string of the molecule is CC(=O)[P+]1(S)C(C(C)C)OC(C(C)C)OC1C(C)C. The zero-order valence-electron chi connectivity index (χ0n) is 13.1. The normalized spacial score (nSPS) is 36.3. The van der Waals surface area contributed by atoms with Crippen LogP contribution in [0.5, 0.6) is 0 Å². The van der Waals surface area contributed by atoms with Crippen LogP contribution in [0.1, 0.15) is 48.5 Å². The molecule has 1 saturated heterocycles. The molecule has 0 aromatic carbocycles. The van der Waals surface area contributed by atoms with E-state index in [4.69, 9.17) is 21.7 Å². The van der Waals surface area contributed by atoms with E-state index in [-0.39, 0.29) is 41.3 Å². The van der Waals surface area contributed by atoms with Gasteiger partial charge in [0.15, 0.2) is 24.4 Å². The van der Waals surface area contributed by atoms with Crippen LogP contribution in [-0.4, -0.2) is 23.5 Å². The first-order valence-corrected chi connectivity index (χ1v) is 10.1. The quantitative estimate of drug-likeness (QED) is 0.618. The fourth-order valence-electron chi connectivity index (χ4n) is 2.53. The summed E-state index contributed by atoms with van der Waals surface area (Å²) in [6.07, 6.45) is -0.237. The van der Waals surface area contributed by atoms with Gasteiger partial charge in [-0.3, -0.25) is 4.79 Å². The zero-order valence-corrected chi connectivity index (χ0v) is 14.9. The molecule has 3 nitrogen and oxygen atoms in total. The second-order valence-corrected chi connectivity index (χ2v) is 11.5. The summed E-state index contributed by atoms with van der Waals surface area (Å²) < 4.78 is 12.2. The third kappa shape index (κ3) is 3.34. The fraction of sp³-hybridized carbons (Fsp3) is 0.929. The van der Waals surface area contributed by atoms with Gasteiger partial charge in [-0.25, -0.2) is 0 Å². The van der Waals surface area contributed by atoms with Gasteiger partial charge < -0.3 is 9.47 Å². The van der Waals surface area contributed by atoms with Crippen molar-refractivity contribution in [2.45, 2.75) is 66.4 Å². The Bertz CT molecular complexity index is 313. The highest BCUT2D eigenvalue weighted by Gasteiger charge is 2.63. The maximum atomic E-state index is 12.2. The van der Waals surface area contributed by atoms with Crippen molar-refractivity contribution in [2.75, 3.05) is 0 Å². The lowest BCUT2D eigenvalue weighted by Gasteiger charge is -2.44. The summed E-state index contributed by atoms with van der Waals surface area (Å²) in [5.41, 5.74) is 0.135. The average molecular weight is 307 g/mol. The second kappa shape index (κ2) is 6.43. The molecule has 0 radical (unpaired) electrons. The molecule has 112 valence electrons. The predicted octanol–water partition coefficient (Wildman–Crippen LogP) is 4.39. The minimum atomic E-state index is -2.23. The zero-order chi connectivity index (χ0) is 15.0. The Kier molecular flexibility index (Phi) is 5.89. The molecule has 2 atom stereocenters. The largest absolute Gasteiger partial charge is 0.313 e. The van der Waals surface area contributed by atoms with Crippen LogP contribution >= 0.6 is 18.7 Å². The highest BCUT2D eigenvalue weighted by atomic mass is 32.7. The van der Waals surface area contributed by atoms with Gasteiger partial charge in [-0.15, -0.1) is 0 Å². The molecular formula is C14H28O3PS+. The molecule has 0 spiro atoms. The molecule has 2 unspecified atom stereocenters. The van der Waals surface area contributed by atoms with E-state index in [0.29, 0.717) is 0 Å². The van der Waals surface area contributed by atoms with Gasteiger partial charge in [0.05, 0.1) is 0 Å². The molecule has 1 aliphatic heterocycles. The van der Waals surface area contributed by atoms with Crippen molar-refractivity contribution in [2.24, 2.45) is 17.8 Å². The Morgan fingerprint density at radius 1 is 0.947 bits per heavy atom. The van der Waals surface area contributed by atoms with Crippen LogP contribution < -0.4 is 0 Å². The molecule has 1 fully saturated rings. The molecule has 0 saturated carbocycles.